The molecule has 3 nitrogen and oxygen atoms in total. The van der Waals surface area contributed by atoms with Crippen molar-refractivity contribution in [2.45, 2.75) is 26.8 Å². The Morgan fingerprint density at radius 3 is 2.52 bits per heavy atom. The molecule has 3 heteroatoms. The van der Waals surface area contributed by atoms with Crippen molar-refractivity contribution in [1.82, 2.24) is 4.57 Å². The molecule has 0 saturated carbocycles. The zero-order chi connectivity index (χ0) is 16.2. The summed E-state index contributed by atoms with van der Waals surface area (Å²) in [5.41, 5.74) is 3.26. The van der Waals surface area contributed by atoms with Crippen molar-refractivity contribution >= 4 is 10.9 Å². The van der Waals surface area contributed by atoms with Crippen LogP contribution in [0.1, 0.15) is 17.5 Å². The molecule has 0 saturated heterocycles. The van der Waals surface area contributed by atoms with Crippen LogP contribution >= 0.6 is 0 Å². The summed E-state index contributed by atoms with van der Waals surface area (Å²) in [5, 5.41) is 1.15. The van der Waals surface area contributed by atoms with Crippen molar-refractivity contribution in [2.75, 3.05) is 6.61 Å². The Morgan fingerprint density at radius 2 is 1.74 bits per heavy atom. The van der Waals surface area contributed by atoms with Gasteiger partial charge in [-0.15, -0.1) is 0 Å². The number of rotatable bonds is 5. The zero-order valence-electron chi connectivity index (χ0n) is 13.6. The Balaban J connectivity index is 1.79. The van der Waals surface area contributed by atoms with Crippen molar-refractivity contribution in [3.05, 3.63) is 76.1 Å². The standard InChI is InChI=1S/C20H21NO2/c1-15-8-6-11-18-16(2)14-19(22)21(20(15)18)12-7-13-23-17-9-4-3-5-10-17/h3-6,8-11,14H,7,12-13H2,1-2H3. The summed E-state index contributed by atoms with van der Waals surface area (Å²) < 4.78 is 7.59. The third-order valence-electron chi connectivity index (χ3n) is 4.08. The minimum atomic E-state index is 0.0593. The molecule has 3 aromatic rings. The van der Waals surface area contributed by atoms with E-state index in [9.17, 15) is 4.79 Å². The minimum absolute atomic E-state index is 0.0593. The average molecular weight is 307 g/mol. The zero-order valence-corrected chi connectivity index (χ0v) is 13.6. The van der Waals surface area contributed by atoms with E-state index in [1.54, 1.807) is 6.07 Å². The highest BCUT2D eigenvalue weighted by atomic mass is 16.5. The van der Waals surface area contributed by atoms with E-state index >= 15 is 0 Å². The van der Waals surface area contributed by atoms with Crippen LogP contribution in [0.5, 0.6) is 5.75 Å². The molecule has 0 aliphatic carbocycles. The first-order valence-electron chi connectivity index (χ1n) is 7.94. The van der Waals surface area contributed by atoms with Gasteiger partial charge in [0.1, 0.15) is 5.75 Å². The monoisotopic (exact) mass is 307 g/mol. The van der Waals surface area contributed by atoms with Gasteiger partial charge in [0, 0.05) is 18.0 Å². The normalized spacial score (nSPS) is 10.9. The highest BCUT2D eigenvalue weighted by Gasteiger charge is 2.08. The molecule has 118 valence electrons. The van der Waals surface area contributed by atoms with Crippen LogP contribution in [-0.4, -0.2) is 11.2 Å². The molecule has 23 heavy (non-hydrogen) atoms. The maximum atomic E-state index is 12.4. The van der Waals surface area contributed by atoms with Crippen LogP contribution in [0.25, 0.3) is 10.9 Å². The maximum absolute atomic E-state index is 12.4. The fourth-order valence-electron chi connectivity index (χ4n) is 2.94. The number of ether oxygens (including phenoxy) is 1. The molecule has 0 unspecified atom stereocenters. The average Bonchev–Trinajstić information content (AvgIpc) is 2.55. The van der Waals surface area contributed by atoms with Gasteiger partial charge in [-0.3, -0.25) is 4.79 Å². The van der Waals surface area contributed by atoms with E-state index in [4.69, 9.17) is 4.74 Å². The van der Waals surface area contributed by atoms with E-state index in [-0.39, 0.29) is 5.56 Å². The predicted octanol–water partition coefficient (Wildman–Crippen LogP) is 4.09. The van der Waals surface area contributed by atoms with Crippen LogP contribution in [0.15, 0.2) is 59.4 Å². The molecule has 3 rings (SSSR count). The number of fused-ring (bicyclic) bond motifs is 1. The van der Waals surface area contributed by atoms with E-state index < -0.39 is 0 Å². The number of aryl methyl sites for hydroxylation is 3. The van der Waals surface area contributed by atoms with Crippen LogP contribution in [0.4, 0.5) is 0 Å². The van der Waals surface area contributed by atoms with Gasteiger partial charge in [-0.1, -0.05) is 36.4 Å². The lowest BCUT2D eigenvalue weighted by Crippen LogP contribution is -2.22. The summed E-state index contributed by atoms with van der Waals surface area (Å²) in [5.74, 6) is 0.866. The summed E-state index contributed by atoms with van der Waals surface area (Å²) in [6, 6.07) is 17.7. The summed E-state index contributed by atoms with van der Waals surface area (Å²) >= 11 is 0. The van der Waals surface area contributed by atoms with E-state index in [1.165, 1.54) is 0 Å². The minimum Gasteiger partial charge on any atom is -0.494 e. The van der Waals surface area contributed by atoms with Gasteiger partial charge in [-0.25, -0.2) is 0 Å². The second-order valence-electron chi connectivity index (χ2n) is 5.80. The molecule has 0 amide bonds. The van der Waals surface area contributed by atoms with Crippen molar-refractivity contribution in [3.63, 3.8) is 0 Å². The SMILES string of the molecule is Cc1cc(=O)n(CCCOc2ccccc2)c2c(C)cccc12. The summed E-state index contributed by atoms with van der Waals surface area (Å²) in [7, 11) is 0. The molecular formula is C20H21NO2. The molecule has 0 radical (unpaired) electrons. The molecule has 0 fully saturated rings. The molecule has 0 aliphatic rings. The van der Waals surface area contributed by atoms with Crippen molar-refractivity contribution in [3.8, 4) is 5.75 Å². The highest BCUT2D eigenvalue weighted by molar-refractivity contribution is 5.85. The summed E-state index contributed by atoms with van der Waals surface area (Å²) in [6.07, 6.45) is 0.793. The molecule has 2 aromatic carbocycles. The molecule has 0 aliphatic heterocycles. The van der Waals surface area contributed by atoms with Crippen LogP contribution in [0.2, 0.25) is 0 Å². The topological polar surface area (TPSA) is 31.2 Å². The Labute approximate surface area is 136 Å². The Hall–Kier alpha value is -2.55. The molecule has 0 atom stereocenters. The van der Waals surface area contributed by atoms with E-state index in [2.05, 4.69) is 19.1 Å². The van der Waals surface area contributed by atoms with E-state index in [1.807, 2.05) is 47.9 Å². The van der Waals surface area contributed by atoms with Gasteiger partial charge in [-0.05, 0) is 43.5 Å². The fraction of sp³-hybridized carbons (Fsp3) is 0.250. The van der Waals surface area contributed by atoms with Crippen molar-refractivity contribution in [2.24, 2.45) is 0 Å². The molecular weight excluding hydrogens is 286 g/mol. The number of benzene rings is 2. The first kappa shape index (κ1) is 15.3. The maximum Gasteiger partial charge on any atom is 0.251 e. The van der Waals surface area contributed by atoms with Gasteiger partial charge < -0.3 is 9.30 Å². The first-order chi connectivity index (χ1) is 11.2. The van der Waals surface area contributed by atoms with Crippen LogP contribution < -0.4 is 10.3 Å². The van der Waals surface area contributed by atoms with Gasteiger partial charge in [0.15, 0.2) is 0 Å². The van der Waals surface area contributed by atoms with Crippen molar-refractivity contribution < 1.29 is 4.74 Å². The van der Waals surface area contributed by atoms with E-state index in [0.29, 0.717) is 13.2 Å². The lowest BCUT2D eigenvalue weighted by molar-refractivity contribution is 0.302. The molecule has 1 aromatic heterocycles. The molecule has 0 spiro atoms. The third-order valence-corrected chi connectivity index (χ3v) is 4.08. The highest BCUT2D eigenvalue weighted by Crippen LogP contribution is 2.20. The number of aromatic nitrogens is 1. The number of hydrogen-bond donors (Lipinski definition) is 0. The van der Waals surface area contributed by atoms with Gasteiger partial charge in [-0.2, -0.15) is 0 Å². The Morgan fingerprint density at radius 1 is 0.957 bits per heavy atom. The number of hydrogen-bond acceptors (Lipinski definition) is 2. The Bertz CT molecular complexity index is 866. The van der Waals surface area contributed by atoms with Gasteiger partial charge >= 0.3 is 0 Å². The lowest BCUT2D eigenvalue weighted by Gasteiger charge is -2.14. The molecule has 0 N–H and O–H groups in total. The van der Waals surface area contributed by atoms with Crippen molar-refractivity contribution in [1.29, 1.82) is 0 Å². The molecule has 1 heterocycles. The third kappa shape index (κ3) is 3.29. The second-order valence-corrected chi connectivity index (χ2v) is 5.80. The van der Waals surface area contributed by atoms with Crippen LogP contribution in [-0.2, 0) is 6.54 Å². The fourth-order valence-corrected chi connectivity index (χ4v) is 2.94. The number of para-hydroxylation sites is 2. The summed E-state index contributed by atoms with van der Waals surface area (Å²) in [6.45, 7) is 5.30. The summed E-state index contributed by atoms with van der Waals surface area (Å²) in [4.78, 5) is 12.4. The van der Waals surface area contributed by atoms with Crippen LogP contribution in [0.3, 0.4) is 0 Å². The smallest absolute Gasteiger partial charge is 0.251 e. The first-order valence-corrected chi connectivity index (χ1v) is 7.94. The largest absolute Gasteiger partial charge is 0.494 e. The quantitative estimate of drug-likeness (QED) is 0.665. The predicted molar refractivity (Wildman–Crippen MR) is 94.2 cm³/mol. The molecule has 0 bridgehead atoms. The Kier molecular flexibility index (Phi) is 4.47. The van der Waals surface area contributed by atoms with Gasteiger partial charge in [0.05, 0.1) is 12.1 Å². The van der Waals surface area contributed by atoms with E-state index in [0.717, 1.165) is 34.2 Å². The lowest BCUT2D eigenvalue weighted by atomic mass is 10.1. The van der Waals surface area contributed by atoms with Crippen LogP contribution in [0, 0.1) is 13.8 Å². The number of pyridine rings is 1. The number of nitrogens with zero attached hydrogens (tertiary/aromatic N) is 1. The van der Waals surface area contributed by atoms with Gasteiger partial charge in [0.25, 0.3) is 5.56 Å². The second kappa shape index (κ2) is 6.69. The van der Waals surface area contributed by atoms with Gasteiger partial charge in [0.2, 0.25) is 0 Å².